The average molecular weight is 487 g/mol. The fourth-order valence-electron chi connectivity index (χ4n) is 2.91. The molecule has 1 heterocycles. The molecule has 33 heavy (non-hydrogen) atoms. The molecule has 4 unspecified atom stereocenters. The lowest BCUT2D eigenvalue weighted by Crippen LogP contribution is -2.58. The number of hydrogen-bond acceptors (Lipinski definition) is 8. The van der Waals surface area contributed by atoms with Crippen molar-refractivity contribution in [3.63, 3.8) is 0 Å². The van der Waals surface area contributed by atoms with Crippen molar-refractivity contribution in [1.82, 2.24) is 25.9 Å². The van der Waals surface area contributed by atoms with Crippen molar-refractivity contribution in [2.45, 2.75) is 57.3 Å². The predicted molar refractivity (Wildman–Crippen MR) is 123 cm³/mol. The van der Waals surface area contributed by atoms with Crippen LogP contribution in [0.15, 0.2) is 12.5 Å². The second kappa shape index (κ2) is 14.5. The molecule has 0 spiro atoms. The van der Waals surface area contributed by atoms with Gasteiger partial charge < -0.3 is 36.9 Å². The van der Waals surface area contributed by atoms with Crippen molar-refractivity contribution < 1.29 is 29.4 Å². The van der Waals surface area contributed by atoms with E-state index in [4.69, 9.17) is 5.73 Å². The van der Waals surface area contributed by atoms with Crippen molar-refractivity contribution in [3.05, 3.63) is 18.2 Å². The summed E-state index contributed by atoms with van der Waals surface area (Å²) in [5, 5.41) is 26.3. The van der Waals surface area contributed by atoms with Crippen LogP contribution in [0.3, 0.4) is 0 Å². The molecule has 0 saturated heterocycles. The Labute approximate surface area is 196 Å². The third-order valence-electron chi connectivity index (χ3n) is 4.72. The lowest BCUT2D eigenvalue weighted by atomic mass is 10.0. The molecule has 0 saturated carbocycles. The van der Waals surface area contributed by atoms with Gasteiger partial charge in [-0.2, -0.15) is 11.8 Å². The number of H-pyrrole nitrogens is 1. The second-order valence-electron chi connectivity index (χ2n) is 8.00. The maximum atomic E-state index is 12.9. The Hall–Kier alpha value is -2.64. The van der Waals surface area contributed by atoms with Crippen molar-refractivity contribution in [2.75, 3.05) is 18.6 Å². The Morgan fingerprint density at radius 1 is 1.09 bits per heavy atom. The van der Waals surface area contributed by atoms with E-state index in [2.05, 4.69) is 25.9 Å². The number of carbonyl (C=O) groups excluding carboxylic acids is 3. The number of aromatic nitrogens is 2. The molecule has 0 bridgehead atoms. The van der Waals surface area contributed by atoms with Gasteiger partial charge in [0.1, 0.15) is 18.1 Å². The molecule has 1 aromatic rings. The molecular weight excluding hydrogens is 452 g/mol. The third kappa shape index (κ3) is 10.2. The van der Waals surface area contributed by atoms with Gasteiger partial charge in [-0.3, -0.25) is 14.4 Å². The van der Waals surface area contributed by atoms with Crippen molar-refractivity contribution in [3.8, 4) is 0 Å². The van der Waals surface area contributed by atoms with E-state index in [1.165, 1.54) is 24.3 Å². The normalized spacial score (nSPS) is 14.7. The molecule has 3 amide bonds. The monoisotopic (exact) mass is 486 g/mol. The quantitative estimate of drug-likeness (QED) is 0.156. The van der Waals surface area contributed by atoms with Crippen molar-refractivity contribution in [2.24, 2.45) is 11.7 Å². The molecule has 0 aliphatic rings. The third-order valence-corrected chi connectivity index (χ3v) is 5.36. The molecule has 4 atom stereocenters. The van der Waals surface area contributed by atoms with Gasteiger partial charge in [0, 0.05) is 18.3 Å². The van der Waals surface area contributed by atoms with Crippen LogP contribution in [0.5, 0.6) is 0 Å². The molecule has 8 N–H and O–H groups in total. The van der Waals surface area contributed by atoms with Gasteiger partial charge in [-0.25, -0.2) is 9.78 Å². The topological polar surface area (TPSA) is 200 Å². The summed E-state index contributed by atoms with van der Waals surface area (Å²) in [6.45, 7) is 2.94. The number of nitrogens with two attached hydrogens (primary N) is 1. The summed E-state index contributed by atoms with van der Waals surface area (Å²) in [7, 11) is 0. The highest BCUT2D eigenvalue weighted by Crippen LogP contribution is 2.07. The van der Waals surface area contributed by atoms with E-state index in [1.807, 2.05) is 20.1 Å². The van der Waals surface area contributed by atoms with Gasteiger partial charge in [0.15, 0.2) is 0 Å². The molecular formula is C20H34N6O6S. The van der Waals surface area contributed by atoms with Crippen LogP contribution in [-0.4, -0.2) is 86.7 Å². The number of imidazole rings is 1. The first-order valence-electron chi connectivity index (χ1n) is 10.6. The number of carboxylic acids is 1. The van der Waals surface area contributed by atoms with Crippen molar-refractivity contribution >= 4 is 35.5 Å². The number of aromatic amines is 1. The zero-order valence-corrected chi connectivity index (χ0v) is 19.9. The second-order valence-corrected chi connectivity index (χ2v) is 8.99. The Bertz CT molecular complexity index is 775. The summed E-state index contributed by atoms with van der Waals surface area (Å²) < 4.78 is 0. The van der Waals surface area contributed by atoms with E-state index in [0.29, 0.717) is 17.9 Å². The van der Waals surface area contributed by atoms with E-state index in [-0.39, 0.29) is 18.8 Å². The Morgan fingerprint density at radius 2 is 1.70 bits per heavy atom. The molecule has 0 fully saturated rings. The highest BCUT2D eigenvalue weighted by Gasteiger charge is 2.30. The molecule has 0 aliphatic heterocycles. The van der Waals surface area contributed by atoms with Gasteiger partial charge in [-0.1, -0.05) is 13.8 Å². The van der Waals surface area contributed by atoms with E-state index < -0.39 is 54.5 Å². The number of carboxylic acid groups (broad SMARTS) is 1. The first-order valence-corrected chi connectivity index (χ1v) is 11.9. The van der Waals surface area contributed by atoms with Crippen LogP contribution in [0.4, 0.5) is 0 Å². The SMILES string of the molecule is CSCCC(N)C(=O)NC(CO)C(=O)NC(Cc1cnc[nH]1)C(=O)NC(CC(C)C)C(=O)O. The van der Waals surface area contributed by atoms with Gasteiger partial charge in [0.25, 0.3) is 0 Å². The van der Waals surface area contributed by atoms with Gasteiger partial charge >= 0.3 is 5.97 Å². The molecule has 0 aromatic carbocycles. The van der Waals surface area contributed by atoms with Gasteiger partial charge in [-0.15, -0.1) is 0 Å². The summed E-state index contributed by atoms with van der Waals surface area (Å²) in [5.41, 5.74) is 6.32. The predicted octanol–water partition coefficient (Wildman–Crippen LogP) is -1.39. The number of aliphatic hydroxyl groups excluding tert-OH is 1. The summed E-state index contributed by atoms with van der Waals surface area (Å²) in [4.78, 5) is 56.0. The van der Waals surface area contributed by atoms with Crippen LogP contribution in [0, 0.1) is 5.92 Å². The van der Waals surface area contributed by atoms with E-state index in [0.717, 1.165) is 0 Å². The molecule has 13 heteroatoms. The molecule has 1 aromatic heterocycles. The smallest absolute Gasteiger partial charge is 0.326 e. The van der Waals surface area contributed by atoms with Gasteiger partial charge in [-0.05, 0) is 30.8 Å². The zero-order valence-electron chi connectivity index (χ0n) is 19.0. The number of thioether (sulfide) groups is 1. The summed E-state index contributed by atoms with van der Waals surface area (Å²) in [6.07, 6.45) is 5.32. The van der Waals surface area contributed by atoms with Crippen LogP contribution >= 0.6 is 11.8 Å². The number of amides is 3. The first kappa shape index (κ1) is 28.4. The summed E-state index contributed by atoms with van der Waals surface area (Å²) >= 11 is 1.52. The Morgan fingerprint density at radius 3 is 2.21 bits per heavy atom. The summed E-state index contributed by atoms with van der Waals surface area (Å²) in [6, 6.07) is -4.50. The largest absolute Gasteiger partial charge is 0.480 e. The number of nitrogens with zero attached hydrogens (tertiary/aromatic N) is 1. The van der Waals surface area contributed by atoms with Crippen LogP contribution in [-0.2, 0) is 25.6 Å². The first-order chi connectivity index (χ1) is 15.6. The number of rotatable bonds is 15. The number of aliphatic hydroxyl groups is 1. The van der Waals surface area contributed by atoms with Crippen LogP contribution in [0.2, 0.25) is 0 Å². The maximum absolute atomic E-state index is 12.9. The molecule has 0 radical (unpaired) electrons. The van der Waals surface area contributed by atoms with Crippen molar-refractivity contribution in [1.29, 1.82) is 0 Å². The minimum Gasteiger partial charge on any atom is -0.480 e. The zero-order chi connectivity index (χ0) is 25.0. The Balaban J connectivity index is 2.92. The van der Waals surface area contributed by atoms with Gasteiger partial charge in [0.05, 0.1) is 19.0 Å². The molecule has 12 nitrogen and oxygen atoms in total. The Kier molecular flexibility index (Phi) is 12.5. The fourth-order valence-corrected chi connectivity index (χ4v) is 3.40. The highest BCUT2D eigenvalue weighted by molar-refractivity contribution is 7.98. The van der Waals surface area contributed by atoms with Crippen LogP contribution in [0.25, 0.3) is 0 Å². The number of aliphatic carboxylic acids is 1. The standard InChI is InChI=1S/C20H34N6O6S/c1-11(2)6-15(20(31)32)25-18(29)14(7-12-8-22-10-23-12)24-19(30)16(9-27)26-17(28)13(21)4-5-33-3/h8,10-11,13-16,27H,4-7,9,21H2,1-3H3,(H,22,23)(H,24,30)(H,25,29)(H,26,28)(H,31,32). The number of nitrogens with one attached hydrogen (secondary N) is 4. The lowest BCUT2D eigenvalue weighted by Gasteiger charge is -2.24. The number of hydrogen-bond donors (Lipinski definition) is 7. The van der Waals surface area contributed by atoms with Crippen LogP contribution < -0.4 is 21.7 Å². The fraction of sp³-hybridized carbons (Fsp3) is 0.650. The number of carbonyl (C=O) groups is 4. The maximum Gasteiger partial charge on any atom is 0.326 e. The van der Waals surface area contributed by atoms with Gasteiger partial charge in [0.2, 0.25) is 17.7 Å². The average Bonchev–Trinajstić information content (AvgIpc) is 3.27. The van der Waals surface area contributed by atoms with E-state index in [9.17, 15) is 29.4 Å². The minimum absolute atomic E-state index is 0.00900. The lowest BCUT2D eigenvalue weighted by molar-refractivity contribution is -0.142. The van der Waals surface area contributed by atoms with E-state index >= 15 is 0 Å². The van der Waals surface area contributed by atoms with E-state index in [1.54, 1.807) is 0 Å². The minimum atomic E-state index is -1.33. The summed E-state index contributed by atoms with van der Waals surface area (Å²) in [5.74, 6) is -2.66. The molecule has 1 rings (SSSR count). The van der Waals surface area contributed by atoms with Crippen LogP contribution in [0.1, 0.15) is 32.4 Å². The molecule has 186 valence electrons. The highest BCUT2D eigenvalue weighted by atomic mass is 32.2. The molecule has 0 aliphatic carbocycles.